The summed E-state index contributed by atoms with van der Waals surface area (Å²) in [4.78, 5) is 13.5. The molecular formula is C24H24N4O2S2. The molecule has 6 nitrogen and oxygen atoms in total. The fraction of sp³-hybridized carbons (Fsp3) is 0.208. The maximum Gasteiger partial charge on any atom is 0.222 e. The number of carbonyl (C=O) groups excluding carboxylic acids is 1. The zero-order chi connectivity index (χ0) is 22.2. The highest BCUT2D eigenvalue weighted by atomic mass is 32.1. The lowest BCUT2D eigenvalue weighted by Gasteiger charge is -2.12. The van der Waals surface area contributed by atoms with Gasteiger partial charge in [0.2, 0.25) is 5.91 Å². The highest BCUT2D eigenvalue weighted by Gasteiger charge is 2.12. The van der Waals surface area contributed by atoms with Crippen molar-refractivity contribution in [2.75, 3.05) is 0 Å². The molecule has 0 aliphatic heterocycles. The molecule has 0 atom stereocenters. The maximum atomic E-state index is 12.5. The van der Waals surface area contributed by atoms with Crippen LogP contribution in [0.5, 0.6) is 0 Å². The molecule has 0 unspecified atom stereocenters. The van der Waals surface area contributed by atoms with Gasteiger partial charge in [0.25, 0.3) is 0 Å². The molecule has 0 spiro atoms. The Morgan fingerprint density at radius 1 is 1.03 bits per heavy atom. The monoisotopic (exact) mass is 464 g/mol. The van der Waals surface area contributed by atoms with Crippen LogP contribution < -0.4 is 5.32 Å². The van der Waals surface area contributed by atoms with Crippen molar-refractivity contribution in [1.29, 1.82) is 0 Å². The Morgan fingerprint density at radius 2 is 1.81 bits per heavy atom. The number of hydrogen-bond acceptors (Lipinski definition) is 5. The predicted octanol–water partition coefficient (Wildman–Crippen LogP) is 5.09. The summed E-state index contributed by atoms with van der Waals surface area (Å²) in [5.41, 5.74) is 3.26. The van der Waals surface area contributed by atoms with Crippen LogP contribution in [0.25, 0.3) is 10.7 Å². The first-order valence-corrected chi connectivity index (χ1v) is 11.6. The largest absolute Gasteiger partial charge is 0.372 e. The molecule has 0 bridgehead atoms. The number of rotatable bonds is 10. The fourth-order valence-corrected chi connectivity index (χ4v) is 4.28. The quantitative estimate of drug-likeness (QED) is 0.321. The summed E-state index contributed by atoms with van der Waals surface area (Å²) in [7, 11) is 0. The van der Waals surface area contributed by atoms with E-state index in [2.05, 4.69) is 15.5 Å². The molecule has 0 aliphatic carbocycles. The third-order valence-corrected chi connectivity index (χ3v) is 6.20. The van der Waals surface area contributed by atoms with Crippen LogP contribution in [0.1, 0.15) is 23.1 Å². The average molecular weight is 465 g/mol. The highest BCUT2D eigenvalue weighted by Crippen LogP contribution is 2.22. The Morgan fingerprint density at radius 3 is 2.59 bits per heavy atom. The van der Waals surface area contributed by atoms with Crippen molar-refractivity contribution >= 4 is 29.5 Å². The Hall–Kier alpha value is -3.07. The van der Waals surface area contributed by atoms with Crippen molar-refractivity contribution in [3.63, 3.8) is 0 Å². The number of thiophene rings is 1. The molecule has 0 saturated carbocycles. The van der Waals surface area contributed by atoms with E-state index in [1.165, 1.54) is 0 Å². The van der Waals surface area contributed by atoms with Gasteiger partial charge in [-0.05, 0) is 40.4 Å². The molecule has 8 heteroatoms. The van der Waals surface area contributed by atoms with Gasteiger partial charge in [-0.25, -0.2) is 0 Å². The molecule has 2 heterocycles. The number of aromatic amines is 1. The number of amides is 1. The van der Waals surface area contributed by atoms with Crippen LogP contribution in [0.4, 0.5) is 0 Å². The summed E-state index contributed by atoms with van der Waals surface area (Å²) in [5, 5.41) is 12.1. The van der Waals surface area contributed by atoms with Crippen molar-refractivity contribution in [1.82, 2.24) is 20.1 Å². The van der Waals surface area contributed by atoms with E-state index in [4.69, 9.17) is 17.0 Å². The normalized spacial score (nSPS) is 10.9. The van der Waals surface area contributed by atoms with Crippen LogP contribution in [0, 0.1) is 4.77 Å². The third-order valence-electron chi connectivity index (χ3n) is 5.03. The van der Waals surface area contributed by atoms with Gasteiger partial charge in [0, 0.05) is 19.5 Å². The topological polar surface area (TPSA) is 71.9 Å². The zero-order valence-corrected chi connectivity index (χ0v) is 19.1. The second-order valence-corrected chi connectivity index (χ2v) is 8.59. The van der Waals surface area contributed by atoms with Crippen LogP contribution in [0.15, 0.2) is 72.1 Å². The van der Waals surface area contributed by atoms with E-state index in [0.29, 0.717) is 37.5 Å². The van der Waals surface area contributed by atoms with Crippen LogP contribution >= 0.6 is 23.6 Å². The van der Waals surface area contributed by atoms with E-state index in [9.17, 15) is 4.79 Å². The third kappa shape index (κ3) is 5.79. The van der Waals surface area contributed by atoms with E-state index in [0.717, 1.165) is 27.4 Å². The Balaban J connectivity index is 1.29. The first-order valence-electron chi connectivity index (χ1n) is 10.3. The van der Waals surface area contributed by atoms with Gasteiger partial charge in [-0.1, -0.05) is 60.7 Å². The molecule has 0 fully saturated rings. The first-order chi connectivity index (χ1) is 15.7. The van der Waals surface area contributed by atoms with Gasteiger partial charge in [0.05, 0.1) is 18.1 Å². The number of hydrogen-bond donors (Lipinski definition) is 2. The lowest BCUT2D eigenvalue weighted by Crippen LogP contribution is -2.24. The highest BCUT2D eigenvalue weighted by molar-refractivity contribution is 7.71. The SMILES string of the molecule is O=C(CCn1c(-c2cccs2)n[nH]c1=S)NCc1ccccc1COCc1ccccc1. The average Bonchev–Trinajstić information content (AvgIpc) is 3.47. The Bertz CT molecular complexity index is 1200. The molecular weight excluding hydrogens is 440 g/mol. The minimum Gasteiger partial charge on any atom is -0.372 e. The van der Waals surface area contributed by atoms with E-state index >= 15 is 0 Å². The smallest absolute Gasteiger partial charge is 0.222 e. The molecule has 2 aromatic heterocycles. The van der Waals surface area contributed by atoms with Gasteiger partial charge in [0.1, 0.15) is 0 Å². The van der Waals surface area contributed by atoms with Crippen molar-refractivity contribution in [2.24, 2.45) is 0 Å². The van der Waals surface area contributed by atoms with Crippen molar-refractivity contribution < 1.29 is 9.53 Å². The summed E-state index contributed by atoms with van der Waals surface area (Å²) in [6.45, 7) is 1.98. The number of H-pyrrole nitrogens is 1. The van der Waals surface area contributed by atoms with E-state index in [1.807, 2.05) is 76.7 Å². The zero-order valence-electron chi connectivity index (χ0n) is 17.5. The van der Waals surface area contributed by atoms with Gasteiger partial charge in [-0.15, -0.1) is 11.3 Å². The molecule has 2 aromatic carbocycles. The fourth-order valence-electron chi connectivity index (χ4n) is 3.34. The van der Waals surface area contributed by atoms with Crippen molar-refractivity contribution in [3.8, 4) is 10.7 Å². The molecule has 4 aromatic rings. The number of benzene rings is 2. The number of aromatic nitrogens is 3. The summed E-state index contributed by atoms with van der Waals surface area (Å²) in [6.07, 6.45) is 0.318. The summed E-state index contributed by atoms with van der Waals surface area (Å²) < 4.78 is 8.26. The van der Waals surface area contributed by atoms with E-state index in [-0.39, 0.29) is 5.91 Å². The molecule has 0 radical (unpaired) electrons. The number of ether oxygens (including phenoxy) is 1. The molecule has 0 aliphatic rings. The van der Waals surface area contributed by atoms with Crippen LogP contribution in [0.3, 0.4) is 0 Å². The Labute approximate surface area is 195 Å². The second kappa shape index (κ2) is 11.0. The minimum absolute atomic E-state index is 0.0368. The second-order valence-electron chi connectivity index (χ2n) is 7.26. The first kappa shape index (κ1) is 22.1. The lowest BCUT2D eigenvalue weighted by atomic mass is 10.1. The molecule has 4 rings (SSSR count). The van der Waals surface area contributed by atoms with Crippen LogP contribution in [-0.4, -0.2) is 20.7 Å². The van der Waals surface area contributed by atoms with Crippen molar-refractivity contribution in [2.45, 2.75) is 32.7 Å². The summed E-state index contributed by atoms with van der Waals surface area (Å²) in [6, 6.07) is 22.0. The molecule has 164 valence electrons. The number of nitrogens with zero attached hydrogens (tertiary/aromatic N) is 2. The van der Waals surface area contributed by atoms with Gasteiger partial charge < -0.3 is 10.1 Å². The van der Waals surface area contributed by atoms with Gasteiger partial charge >= 0.3 is 0 Å². The molecule has 1 amide bonds. The van der Waals surface area contributed by atoms with Gasteiger partial charge in [-0.3, -0.25) is 14.5 Å². The number of carbonyl (C=O) groups is 1. The Kier molecular flexibility index (Phi) is 7.60. The van der Waals surface area contributed by atoms with E-state index in [1.54, 1.807) is 11.3 Å². The summed E-state index contributed by atoms with van der Waals surface area (Å²) >= 11 is 6.93. The predicted molar refractivity (Wildman–Crippen MR) is 129 cm³/mol. The molecule has 2 N–H and O–H groups in total. The van der Waals surface area contributed by atoms with Crippen molar-refractivity contribution in [3.05, 3.63) is 93.6 Å². The molecule has 32 heavy (non-hydrogen) atoms. The number of nitrogens with one attached hydrogen (secondary N) is 2. The molecule has 0 saturated heterocycles. The van der Waals surface area contributed by atoms with Crippen LogP contribution in [-0.2, 0) is 35.8 Å². The van der Waals surface area contributed by atoms with Gasteiger partial charge in [-0.2, -0.15) is 5.10 Å². The standard InChI is InChI=1S/C24H24N4O2S2/c29-22(12-13-28-23(26-27-24(28)31)21-11-6-14-32-21)25-15-19-9-4-5-10-20(19)17-30-16-18-7-2-1-3-8-18/h1-11,14H,12-13,15-17H2,(H,25,29)(H,27,31). The maximum absolute atomic E-state index is 12.5. The lowest BCUT2D eigenvalue weighted by molar-refractivity contribution is -0.121. The summed E-state index contributed by atoms with van der Waals surface area (Å²) in [5.74, 6) is 0.726. The van der Waals surface area contributed by atoms with Gasteiger partial charge in [0.15, 0.2) is 10.6 Å². The van der Waals surface area contributed by atoms with Crippen LogP contribution in [0.2, 0.25) is 0 Å². The minimum atomic E-state index is -0.0368. The van der Waals surface area contributed by atoms with E-state index < -0.39 is 0 Å².